The van der Waals surface area contributed by atoms with Gasteiger partial charge in [-0.25, -0.2) is 0 Å². The van der Waals surface area contributed by atoms with Crippen LogP contribution < -0.4 is 10.6 Å². The SMILES string of the molecule is CC1CN(Cc2ccccc2)CC(C)C1NC(=O)C1CCNC1. The van der Waals surface area contributed by atoms with Gasteiger partial charge in [0.25, 0.3) is 0 Å². The molecule has 0 spiro atoms. The molecule has 1 aromatic rings. The van der Waals surface area contributed by atoms with Crippen LogP contribution in [0.1, 0.15) is 25.8 Å². The molecule has 2 saturated heterocycles. The molecule has 4 nitrogen and oxygen atoms in total. The van der Waals surface area contributed by atoms with Gasteiger partial charge < -0.3 is 10.6 Å². The lowest BCUT2D eigenvalue weighted by molar-refractivity contribution is -0.126. The first-order chi connectivity index (χ1) is 11.1. The maximum absolute atomic E-state index is 12.4. The normalized spacial score (nSPS) is 31.9. The molecule has 3 unspecified atom stereocenters. The smallest absolute Gasteiger partial charge is 0.224 e. The van der Waals surface area contributed by atoms with Crippen LogP contribution in [0.4, 0.5) is 0 Å². The molecule has 2 aliphatic heterocycles. The third kappa shape index (κ3) is 4.12. The quantitative estimate of drug-likeness (QED) is 0.891. The summed E-state index contributed by atoms with van der Waals surface area (Å²) in [7, 11) is 0. The summed E-state index contributed by atoms with van der Waals surface area (Å²) in [6, 6.07) is 11.0. The number of rotatable bonds is 4. The van der Waals surface area contributed by atoms with E-state index >= 15 is 0 Å². The van der Waals surface area contributed by atoms with Gasteiger partial charge in [-0.15, -0.1) is 0 Å². The lowest BCUT2D eigenvalue weighted by atomic mass is 9.85. The molecule has 3 rings (SSSR count). The van der Waals surface area contributed by atoms with E-state index in [2.05, 4.69) is 59.7 Å². The van der Waals surface area contributed by atoms with Gasteiger partial charge in [-0.3, -0.25) is 9.69 Å². The third-order valence-corrected chi connectivity index (χ3v) is 5.31. The zero-order chi connectivity index (χ0) is 16.2. The maximum atomic E-state index is 12.4. The van der Waals surface area contributed by atoms with Crippen LogP contribution in [0.15, 0.2) is 30.3 Å². The Labute approximate surface area is 139 Å². The monoisotopic (exact) mass is 315 g/mol. The van der Waals surface area contributed by atoms with E-state index in [0.717, 1.165) is 39.1 Å². The molecular formula is C19H29N3O. The fourth-order valence-corrected chi connectivity index (χ4v) is 4.09. The highest BCUT2D eigenvalue weighted by Crippen LogP contribution is 2.24. The van der Waals surface area contributed by atoms with Gasteiger partial charge in [-0.05, 0) is 30.4 Å². The van der Waals surface area contributed by atoms with Gasteiger partial charge in [0, 0.05) is 32.2 Å². The summed E-state index contributed by atoms with van der Waals surface area (Å²) in [5, 5.41) is 6.62. The maximum Gasteiger partial charge on any atom is 0.224 e. The van der Waals surface area contributed by atoms with Crippen molar-refractivity contribution in [3.63, 3.8) is 0 Å². The third-order valence-electron chi connectivity index (χ3n) is 5.31. The fourth-order valence-electron chi connectivity index (χ4n) is 4.09. The average molecular weight is 315 g/mol. The molecule has 1 amide bonds. The van der Waals surface area contributed by atoms with Crippen molar-refractivity contribution in [2.75, 3.05) is 26.2 Å². The van der Waals surface area contributed by atoms with Gasteiger partial charge in [0.05, 0.1) is 5.92 Å². The Balaban J connectivity index is 1.55. The van der Waals surface area contributed by atoms with E-state index in [9.17, 15) is 4.79 Å². The van der Waals surface area contributed by atoms with Gasteiger partial charge in [0.15, 0.2) is 0 Å². The molecule has 0 radical (unpaired) electrons. The standard InChI is InChI=1S/C19H29N3O/c1-14-11-22(13-16-6-4-3-5-7-16)12-15(2)18(14)21-19(23)17-8-9-20-10-17/h3-7,14-15,17-18,20H,8-13H2,1-2H3,(H,21,23). The average Bonchev–Trinajstić information content (AvgIpc) is 3.06. The van der Waals surface area contributed by atoms with Crippen LogP contribution in [-0.4, -0.2) is 43.0 Å². The molecule has 2 heterocycles. The Morgan fingerprint density at radius 1 is 1.22 bits per heavy atom. The van der Waals surface area contributed by atoms with Crippen LogP contribution in [-0.2, 0) is 11.3 Å². The van der Waals surface area contributed by atoms with Crippen LogP contribution in [0.5, 0.6) is 0 Å². The van der Waals surface area contributed by atoms with E-state index in [1.165, 1.54) is 5.56 Å². The molecule has 1 aromatic carbocycles. The van der Waals surface area contributed by atoms with Gasteiger partial charge in [0.2, 0.25) is 5.91 Å². The summed E-state index contributed by atoms with van der Waals surface area (Å²) >= 11 is 0. The molecule has 4 heteroatoms. The summed E-state index contributed by atoms with van der Waals surface area (Å²) in [5.41, 5.74) is 1.37. The van der Waals surface area contributed by atoms with E-state index in [1.54, 1.807) is 0 Å². The van der Waals surface area contributed by atoms with Gasteiger partial charge in [0.1, 0.15) is 0 Å². The number of benzene rings is 1. The molecule has 0 saturated carbocycles. The van der Waals surface area contributed by atoms with Crippen LogP contribution in [0.2, 0.25) is 0 Å². The summed E-state index contributed by atoms with van der Waals surface area (Å²) in [6.07, 6.45) is 0.974. The molecular weight excluding hydrogens is 286 g/mol. The number of likely N-dealkylation sites (tertiary alicyclic amines) is 1. The minimum Gasteiger partial charge on any atom is -0.352 e. The Morgan fingerprint density at radius 2 is 1.91 bits per heavy atom. The van der Waals surface area contributed by atoms with E-state index in [0.29, 0.717) is 17.9 Å². The number of nitrogens with zero attached hydrogens (tertiary/aromatic N) is 1. The topological polar surface area (TPSA) is 44.4 Å². The van der Waals surface area contributed by atoms with Crippen molar-refractivity contribution in [3.05, 3.63) is 35.9 Å². The van der Waals surface area contributed by atoms with Crippen molar-refractivity contribution in [2.45, 2.75) is 32.9 Å². The lowest BCUT2D eigenvalue weighted by Crippen LogP contribution is -2.55. The van der Waals surface area contributed by atoms with E-state index in [1.807, 2.05) is 0 Å². The Morgan fingerprint density at radius 3 is 2.52 bits per heavy atom. The first kappa shape index (κ1) is 16.5. The van der Waals surface area contributed by atoms with E-state index < -0.39 is 0 Å². The van der Waals surface area contributed by atoms with Gasteiger partial charge in [-0.1, -0.05) is 44.2 Å². The van der Waals surface area contributed by atoms with Gasteiger partial charge >= 0.3 is 0 Å². The number of piperidine rings is 1. The predicted molar refractivity (Wildman–Crippen MR) is 93.0 cm³/mol. The zero-order valence-corrected chi connectivity index (χ0v) is 14.3. The molecule has 2 N–H and O–H groups in total. The fraction of sp³-hybridized carbons (Fsp3) is 0.632. The van der Waals surface area contributed by atoms with E-state index in [4.69, 9.17) is 0 Å². The van der Waals surface area contributed by atoms with Crippen molar-refractivity contribution >= 4 is 5.91 Å². The zero-order valence-electron chi connectivity index (χ0n) is 14.3. The number of hydrogen-bond donors (Lipinski definition) is 2. The van der Waals surface area contributed by atoms with Crippen molar-refractivity contribution in [3.8, 4) is 0 Å². The second-order valence-corrected chi connectivity index (χ2v) is 7.36. The first-order valence-electron chi connectivity index (χ1n) is 8.91. The molecule has 2 fully saturated rings. The number of amides is 1. The van der Waals surface area contributed by atoms with Crippen LogP contribution in [0, 0.1) is 17.8 Å². The second kappa shape index (κ2) is 7.45. The van der Waals surface area contributed by atoms with E-state index in [-0.39, 0.29) is 11.8 Å². The molecule has 126 valence electrons. The number of hydrogen-bond acceptors (Lipinski definition) is 3. The molecule has 0 aliphatic carbocycles. The van der Waals surface area contributed by atoms with Crippen molar-refractivity contribution < 1.29 is 4.79 Å². The van der Waals surface area contributed by atoms with Crippen molar-refractivity contribution in [2.24, 2.45) is 17.8 Å². The highest BCUT2D eigenvalue weighted by Gasteiger charge is 2.34. The minimum absolute atomic E-state index is 0.164. The number of carbonyl (C=O) groups excluding carboxylic acids is 1. The number of nitrogens with one attached hydrogen (secondary N) is 2. The molecule has 23 heavy (non-hydrogen) atoms. The summed E-state index contributed by atoms with van der Waals surface area (Å²) in [4.78, 5) is 14.9. The first-order valence-corrected chi connectivity index (χ1v) is 8.91. The minimum atomic E-state index is 0.164. The Hall–Kier alpha value is -1.39. The Bertz CT molecular complexity index is 501. The number of carbonyl (C=O) groups is 1. The largest absolute Gasteiger partial charge is 0.352 e. The summed E-state index contributed by atoms with van der Waals surface area (Å²) in [6.45, 7) is 9.44. The predicted octanol–water partition coefficient (Wildman–Crippen LogP) is 1.87. The summed E-state index contributed by atoms with van der Waals surface area (Å²) in [5.74, 6) is 1.38. The molecule has 0 aromatic heterocycles. The van der Waals surface area contributed by atoms with Crippen LogP contribution in [0.25, 0.3) is 0 Å². The molecule has 3 atom stereocenters. The molecule has 0 bridgehead atoms. The van der Waals surface area contributed by atoms with Crippen LogP contribution >= 0.6 is 0 Å². The summed E-state index contributed by atoms with van der Waals surface area (Å²) < 4.78 is 0. The van der Waals surface area contributed by atoms with Crippen molar-refractivity contribution in [1.82, 2.24) is 15.5 Å². The lowest BCUT2D eigenvalue weighted by Gasteiger charge is -2.42. The van der Waals surface area contributed by atoms with Crippen LogP contribution in [0.3, 0.4) is 0 Å². The van der Waals surface area contributed by atoms with Gasteiger partial charge in [-0.2, -0.15) is 0 Å². The second-order valence-electron chi connectivity index (χ2n) is 7.36. The highest BCUT2D eigenvalue weighted by atomic mass is 16.2. The Kier molecular flexibility index (Phi) is 5.34. The molecule has 2 aliphatic rings. The highest BCUT2D eigenvalue weighted by molar-refractivity contribution is 5.79. The van der Waals surface area contributed by atoms with Crippen molar-refractivity contribution in [1.29, 1.82) is 0 Å².